The molecule has 0 aromatic heterocycles. The van der Waals surface area contributed by atoms with Crippen LogP contribution >= 0.6 is 15.9 Å². The number of ether oxygens (including phenoxy) is 1. The van der Waals surface area contributed by atoms with Crippen molar-refractivity contribution in [2.75, 3.05) is 32.8 Å². The van der Waals surface area contributed by atoms with Gasteiger partial charge in [-0.15, -0.1) is 0 Å². The third-order valence-corrected chi connectivity index (χ3v) is 4.23. The van der Waals surface area contributed by atoms with Gasteiger partial charge in [0.1, 0.15) is 0 Å². The van der Waals surface area contributed by atoms with Crippen molar-refractivity contribution in [1.82, 2.24) is 9.80 Å². The fraction of sp³-hybridized carbons (Fsp3) is 0.353. The number of nitrogens with zero attached hydrogens (tertiary/aromatic N) is 2. The first-order valence-corrected chi connectivity index (χ1v) is 8.38. The molecule has 1 saturated heterocycles. The summed E-state index contributed by atoms with van der Waals surface area (Å²) in [6.07, 6.45) is 2.93. The first kappa shape index (κ1) is 18.2. The van der Waals surface area contributed by atoms with Gasteiger partial charge >= 0.3 is 5.97 Å². The highest BCUT2D eigenvalue weighted by Gasteiger charge is 2.22. The van der Waals surface area contributed by atoms with Crippen LogP contribution in [0.4, 0.5) is 0 Å². The van der Waals surface area contributed by atoms with Crippen molar-refractivity contribution in [2.24, 2.45) is 0 Å². The number of hydrogen-bond acceptors (Lipinski definition) is 4. The van der Waals surface area contributed by atoms with Crippen LogP contribution in [0, 0.1) is 0 Å². The zero-order chi connectivity index (χ0) is 17.5. The van der Waals surface area contributed by atoms with Gasteiger partial charge in [-0.05, 0) is 23.8 Å². The van der Waals surface area contributed by atoms with Crippen molar-refractivity contribution >= 4 is 39.8 Å². The lowest BCUT2D eigenvalue weighted by Crippen LogP contribution is -2.51. The Kier molecular flexibility index (Phi) is 6.54. The Morgan fingerprint density at radius 3 is 2.25 bits per heavy atom. The quantitative estimate of drug-likeness (QED) is 0.575. The average molecular weight is 395 g/mol. The summed E-state index contributed by atoms with van der Waals surface area (Å²) in [4.78, 5) is 38.2. The number of benzene rings is 1. The van der Waals surface area contributed by atoms with Crippen molar-refractivity contribution in [3.05, 3.63) is 40.4 Å². The van der Waals surface area contributed by atoms with Crippen molar-refractivity contribution in [3.8, 4) is 0 Å². The molecule has 6 nitrogen and oxygen atoms in total. The molecule has 0 N–H and O–H groups in total. The van der Waals surface area contributed by atoms with E-state index in [1.165, 1.54) is 13.0 Å². The molecule has 7 heteroatoms. The van der Waals surface area contributed by atoms with Gasteiger partial charge in [0, 0.05) is 43.7 Å². The Labute approximate surface area is 149 Å². The first-order valence-electron chi connectivity index (χ1n) is 7.59. The topological polar surface area (TPSA) is 66.9 Å². The minimum atomic E-state index is -0.561. The molecule has 1 aromatic rings. The lowest BCUT2D eigenvalue weighted by molar-refractivity contribution is -0.149. The van der Waals surface area contributed by atoms with Crippen LogP contribution in [-0.4, -0.2) is 60.4 Å². The van der Waals surface area contributed by atoms with Gasteiger partial charge in [0.2, 0.25) is 5.91 Å². The zero-order valence-electron chi connectivity index (χ0n) is 13.4. The number of carbonyl (C=O) groups excluding carboxylic acids is 3. The second-order valence-electron chi connectivity index (χ2n) is 5.38. The monoisotopic (exact) mass is 394 g/mol. The number of rotatable bonds is 4. The van der Waals surface area contributed by atoms with Gasteiger partial charge < -0.3 is 14.5 Å². The fourth-order valence-corrected chi connectivity index (χ4v) is 2.55. The molecule has 1 fully saturated rings. The molecule has 24 heavy (non-hydrogen) atoms. The van der Waals surface area contributed by atoms with Gasteiger partial charge in [-0.3, -0.25) is 9.59 Å². The van der Waals surface area contributed by atoms with Gasteiger partial charge in [0.25, 0.3) is 5.91 Å². The Hall–Kier alpha value is -2.15. The lowest BCUT2D eigenvalue weighted by atomic mass is 10.2. The third-order valence-electron chi connectivity index (χ3n) is 3.70. The van der Waals surface area contributed by atoms with E-state index in [0.717, 1.165) is 10.0 Å². The second-order valence-corrected chi connectivity index (χ2v) is 6.30. The highest BCUT2D eigenvalue weighted by Crippen LogP contribution is 2.11. The number of amides is 2. The molecule has 1 aromatic carbocycles. The fourth-order valence-electron chi connectivity index (χ4n) is 2.28. The number of piperazine rings is 1. The Morgan fingerprint density at radius 1 is 1.08 bits per heavy atom. The largest absolute Gasteiger partial charge is 0.452 e. The van der Waals surface area contributed by atoms with Gasteiger partial charge in [-0.1, -0.05) is 28.1 Å². The average Bonchev–Trinajstić information content (AvgIpc) is 2.59. The lowest BCUT2D eigenvalue weighted by Gasteiger charge is -2.34. The van der Waals surface area contributed by atoms with Crippen LogP contribution in [0.2, 0.25) is 0 Å². The molecule has 0 spiro atoms. The van der Waals surface area contributed by atoms with Crippen LogP contribution in [0.25, 0.3) is 6.08 Å². The molecule has 2 rings (SSSR count). The van der Waals surface area contributed by atoms with E-state index in [0.29, 0.717) is 26.2 Å². The highest BCUT2D eigenvalue weighted by atomic mass is 79.9. The van der Waals surface area contributed by atoms with Crippen LogP contribution in [0.3, 0.4) is 0 Å². The SMILES string of the molecule is CC(=O)N1CCN(C(=O)COC(=O)/C=C/c2ccc(Br)cc2)CC1. The number of esters is 1. The van der Waals surface area contributed by atoms with Crippen LogP contribution < -0.4 is 0 Å². The molecule has 2 amide bonds. The number of carbonyl (C=O) groups is 3. The summed E-state index contributed by atoms with van der Waals surface area (Å²) < 4.78 is 5.93. The maximum atomic E-state index is 12.0. The summed E-state index contributed by atoms with van der Waals surface area (Å²) in [7, 11) is 0. The van der Waals surface area contributed by atoms with Gasteiger partial charge in [0.05, 0.1) is 0 Å². The maximum Gasteiger partial charge on any atom is 0.331 e. The third kappa shape index (κ3) is 5.49. The Bertz CT molecular complexity index is 634. The zero-order valence-corrected chi connectivity index (χ0v) is 15.0. The van der Waals surface area contributed by atoms with E-state index in [9.17, 15) is 14.4 Å². The van der Waals surface area contributed by atoms with E-state index in [-0.39, 0.29) is 18.4 Å². The van der Waals surface area contributed by atoms with Crippen LogP contribution in [0.15, 0.2) is 34.8 Å². The Balaban J connectivity index is 1.74. The Morgan fingerprint density at radius 2 is 1.67 bits per heavy atom. The smallest absolute Gasteiger partial charge is 0.331 e. The predicted octanol–water partition coefficient (Wildman–Crippen LogP) is 1.70. The molecule has 0 atom stereocenters. The standard InChI is InChI=1S/C17H19BrN2O4/c1-13(21)19-8-10-20(11-9-19)16(22)12-24-17(23)7-4-14-2-5-15(18)6-3-14/h2-7H,8-12H2,1H3/b7-4+. The van der Waals surface area contributed by atoms with Gasteiger partial charge in [-0.2, -0.15) is 0 Å². The first-order chi connectivity index (χ1) is 11.5. The minimum absolute atomic E-state index is 0.00612. The molecule has 1 heterocycles. The molecular weight excluding hydrogens is 376 g/mol. The van der Waals surface area contributed by atoms with Crippen molar-refractivity contribution < 1.29 is 19.1 Å². The molecule has 1 aliphatic rings. The van der Waals surface area contributed by atoms with E-state index in [1.54, 1.807) is 15.9 Å². The van der Waals surface area contributed by atoms with Gasteiger partial charge in [0.15, 0.2) is 6.61 Å². The summed E-state index contributed by atoms with van der Waals surface area (Å²) in [5.41, 5.74) is 0.863. The van der Waals surface area contributed by atoms with E-state index < -0.39 is 5.97 Å². The molecule has 0 bridgehead atoms. The van der Waals surface area contributed by atoms with E-state index in [2.05, 4.69) is 15.9 Å². The van der Waals surface area contributed by atoms with Crippen LogP contribution in [0.1, 0.15) is 12.5 Å². The minimum Gasteiger partial charge on any atom is -0.452 e. The normalized spacial score (nSPS) is 14.8. The van der Waals surface area contributed by atoms with E-state index >= 15 is 0 Å². The van der Waals surface area contributed by atoms with Crippen molar-refractivity contribution in [1.29, 1.82) is 0 Å². The molecule has 0 aliphatic carbocycles. The molecular formula is C17H19BrN2O4. The van der Waals surface area contributed by atoms with Crippen LogP contribution in [0.5, 0.6) is 0 Å². The van der Waals surface area contributed by atoms with Crippen molar-refractivity contribution in [3.63, 3.8) is 0 Å². The molecule has 0 radical (unpaired) electrons. The second kappa shape index (κ2) is 8.63. The predicted molar refractivity (Wildman–Crippen MR) is 93.0 cm³/mol. The molecule has 128 valence electrons. The van der Waals surface area contributed by atoms with E-state index in [4.69, 9.17) is 4.74 Å². The summed E-state index contributed by atoms with van der Waals surface area (Å²) in [6.45, 7) is 3.17. The number of hydrogen-bond donors (Lipinski definition) is 0. The van der Waals surface area contributed by atoms with Crippen LogP contribution in [-0.2, 0) is 19.1 Å². The van der Waals surface area contributed by atoms with Crippen molar-refractivity contribution in [2.45, 2.75) is 6.92 Å². The number of halogens is 1. The highest BCUT2D eigenvalue weighted by molar-refractivity contribution is 9.10. The molecule has 0 unspecified atom stereocenters. The van der Waals surface area contributed by atoms with Gasteiger partial charge in [-0.25, -0.2) is 4.79 Å². The summed E-state index contributed by atoms with van der Waals surface area (Å²) in [6, 6.07) is 7.45. The summed E-state index contributed by atoms with van der Waals surface area (Å²) in [5.74, 6) is -0.802. The molecule has 1 aliphatic heterocycles. The summed E-state index contributed by atoms with van der Waals surface area (Å²) >= 11 is 3.34. The summed E-state index contributed by atoms with van der Waals surface area (Å²) in [5, 5.41) is 0. The van der Waals surface area contributed by atoms with E-state index in [1.807, 2.05) is 24.3 Å². The molecule has 0 saturated carbocycles. The maximum absolute atomic E-state index is 12.0.